The smallest absolute Gasteiger partial charge is 0.160 e. The maximum absolute atomic E-state index is 5.47. The van der Waals surface area contributed by atoms with Crippen molar-refractivity contribution in [1.29, 1.82) is 0 Å². The van der Waals surface area contributed by atoms with Gasteiger partial charge in [-0.15, -0.1) is 0 Å². The number of rotatable bonds is 5. The van der Waals surface area contributed by atoms with Crippen LogP contribution >= 0.6 is 0 Å². The highest BCUT2D eigenvalue weighted by atomic mass is 16.5. The third kappa shape index (κ3) is 3.13. The molecule has 0 unspecified atom stereocenters. The number of benzene rings is 1. The van der Waals surface area contributed by atoms with Crippen LogP contribution in [0.2, 0.25) is 0 Å². The zero-order valence-electron chi connectivity index (χ0n) is 8.69. The second kappa shape index (κ2) is 6.08. The van der Waals surface area contributed by atoms with Crippen LogP contribution in [0.5, 0.6) is 0 Å². The van der Waals surface area contributed by atoms with Crippen molar-refractivity contribution in [3.8, 4) is 0 Å². The van der Waals surface area contributed by atoms with E-state index in [1.165, 1.54) is 0 Å². The van der Waals surface area contributed by atoms with Crippen molar-refractivity contribution in [1.82, 2.24) is 0 Å². The molecule has 1 rings (SSSR count). The summed E-state index contributed by atoms with van der Waals surface area (Å²) in [5.41, 5.74) is 1.04. The van der Waals surface area contributed by atoms with Crippen molar-refractivity contribution < 1.29 is 9.47 Å². The minimum atomic E-state index is 0.647. The monoisotopic (exact) mass is 192 g/mol. The summed E-state index contributed by atoms with van der Waals surface area (Å²) in [7, 11) is 0. The minimum Gasteiger partial charge on any atom is -0.498 e. The van der Waals surface area contributed by atoms with E-state index in [4.69, 9.17) is 9.47 Å². The molecule has 1 aromatic rings. The van der Waals surface area contributed by atoms with Gasteiger partial charge in [0.15, 0.2) is 5.76 Å². The lowest BCUT2D eigenvalue weighted by atomic mass is 10.2. The summed E-state index contributed by atoms with van der Waals surface area (Å²) >= 11 is 0. The van der Waals surface area contributed by atoms with E-state index in [0.717, 1.165) is 11.3 Å². The van der Waals surface area contributed by atoms with Crippen LogP contribution in [0.3, 0.4) is 0 Å². The molecule has 1 aromatic carbocycles. The minimum absolute atomic E-state index is 0.647. The van der Waals surface area contributed by atoms with Crippen LogP contribution in [0.15, 0.2) is 36.6 Å². The van der Waals surface area contributed by atoms with E-state index in [2.05, 4.69) is 0 Å². The highest BCUT2D eigenvalue weighted by Gasteiger charge is 2.00. The van der Waals surface area contributed by atoms with Gasteiger partial charge in [-0.2, -0.15) is 0 Å². The van der Waals surface area contributed by atoms with Crippen molar-refractivity contribution in [2.24, 2.45) is 0 Å². The molecule has 14 heavy (non-hydrogen) atoms. The van der Waals surface area contributed by atoms with Gasteiger partial charge in [-0.05, 0) is 13.8 Å². The Morgan fingerprint density at radius 1 is 1.14 bits per heavy atom. The van der Waals surface area contributed by atoms with Crippen molar-refractivity contribution in [2.75, 3.05) is 13.2 Å². The standard InChI is InChI=1S/C12H16O2/c1-3-13-10-12(14-4-2)11-8-6-5-7-9-11/h5-10H,3-4H2,1-2H3. The highest BCUT2D eigenvalue weighted by molar-refractivity contribution is 5.58. The van der Waals surface area contributed by atoms with Crippen LogP contribution in [0.1, 0.15) is 19.4 Å². The molecular formula is C12H16O2. The summed E-state index contributed by atoms with van der Waals surface area (Å²) < 4.78 is 10.7. The molecule has 0 saturated carbocycles. The van der Waals surface area contributed by atoms with Gasteiger partial charge in [0.05, 0.1) is 13.2 Å². The fraction of sp³-hybridized carbons (Fsp3) is 0.333. The van der Waals surface area contributed by atoms with Crippen LogP contribution < -0.4 is 0 Å². The average molecular weight is 192 g/mol. The van der Waals surface area contributed by atoms with E-state index < -0.39 is 0 Å². The lowest BCUT2D eigenvalue weighted by molar-refractivity contribution is 0.239. The number of ether oxygens (including phenoxy) is 2. The van der Waals surface area contributed by atoms with Crippen LogP contribution in [0.4, 0.5) is 0 Å². The van der Waals surface area contributed by atoms with E-state index in [9.17, 15) is 0 Å². The second-order valence-corrected chi connectivity index (χ2v) is 2.74. The zero-order chi connectivity index (χ0) is 10.2. The molecule has 0 aliphatic rings. The molecule has 0 bridgehead atoms. The largest absolute Gasteiger partial charge is 0.498 e. The maximum atomic E-state index is 5.47. The summed E-state index contributed by atoms with van der Waals surface area (Å²) in [6.45, 7) is 5.21. The van der Waals surface area contributed by atoms with Gasteiger partial charge in [0, 0.05) is 5.56 Å². The topological polar surface area (TPSA) is 18.5 Å². The van der Waals surface area contributed by atoms with Gasteiger partial charge in [-0.3, -0.25) is 0 Å². The van der Waals surface area contributed by atoms with Gasteiger partial charge in [0.2, 0.25) is 0 Å². The van der Waals surface area contributed by atoms with Crippen LogP contribution in [0, 0.1) is 0 Å². The molecule has 76 valence electrons. The first kappa shape index (κ1) is 10.6. The molecule has 0 aromatic heterocycles. The SMILES string of the molecule is CCOC=C(OCC)c1ccccc1. The fourth-order valence-electron chi connectivity index (χ4n) is 1.10. The van der Waals surface area contributed by atoms with Crippen molar-refractivity contribution in [3.05, 3.63) is 42.2 Å². The predicted molar refractivity (Wildman–Crippen MR) is 57.7 cm³/mol. The third-order valence-corrected chi connectivity index (χ3v) is 1.72. The Morgan fingerprint density at radius 3 is 2.43 bits per heavy atom. The highest BCUT2D eigenvalue weighted by Crippen LogP contribution is 2.15. The molecule has 0 aliphatic heterocycles. The molecule has 0 fully saturated rings. The van der Waals surface area contributed by atoms with Crippen LogP contribution in [0.25, 0.3) is 5.76 Å². The molecule has 0 saturated heterocycles. The van der Waals surface area contributed by atoms with E-state index in [0.29, 0.717) is 13.2 Å². The molecular weight excluding hydrogens is 176 g/mol. The Kier molecular flexibility index (Phi) is 4.62. The van der Waals surface area contributed by atoms with Crippen LogP contribution in [-0.2, 0) is 9.47 Å². The Balaban J connectivity index is 2.77. The average Bonchev–Trinajstić information content (AvgIpc) is 2.25. The maximum Gasteiger partial charge on any atom is 0.160 e. The predicted octanol–water partition coefficient (Wildman–Crippen LogP) is 3.06. The summed E-state index contributed by atoms with van der Waals surface area (Å²) in [6.07, 6.45) is 1.67. The molecule has 0 amide bonds. The fourth-order valence-corrected chi connectivity index (χ4v) is 1.10. The quantitative estimate of drug-likeness (QED) is 0.667. The summed E-state index contributed by atoms with van der Waals surface area (Å²) in [6, 6.07) is 9.94. The van der Waals surface area contributed by atoms with Crippen molar-refractivity contribution >= 4 is 5.76 Å². The van der Waals surface area contributed by atoms with Crippen molar-refractivity contribution in [3.63, 3.8) is 0 Å². The molecule has 2 nitrogen and oxygen atoms in total. The van der Waals surface area contributed by atoms with Crippen LogP contribution in [-0.4, -0.2) is 13.2 Å². The summed E-state index contributed by atoms with van der Waals surface area (Å²) in [4.78, 5) is 0. The Labute approximate surface area is 85.2 Å². The Hall–Kier alpha value is -1.44. The first-order valence-electron chi connectivity index (χ1n) is 4.88. The normalized spacial score (nSPS) is 11.1. The molecule has 0 spiro atoms. The lowest BCUT2D eigenvalue weighted by Gasteiger charge is -2.08. The molecule has 0 atom stereocenters. The Bertz CT molecular complexity index is 278. The molecule has 0 aliphatic carbocycles. The first-order chi connectivity index (χ1) is 6.88. The Morgan fingerprint density at radius 2 is 1.86 bits per heavy atom. The van der Waals surface area contributed by atoms with E-state index in [1.54, 1.807) is 6.26 Å². The van der Waals surface area contributed by atoms with Gasteiger partial charge in [0.25, 0.3) is 0 Å². The van der Waals surface area contributed by atoms with Gasteiger partial charge in [-0.1, -0.05) is 30.3 Å². The second-order valence-electron chi connectivity index (χ2n) is 2.74. The van der Waals surface area contributed by atoms with E-state index in [-0.39, 0.29) is 0 Å². The number of hydrogen-bond acceptors (Lipinski definition) is 2. The van der Waals surface area contributed by atoms with Gasteiger partial charge in [-0.25, -0.2) is 0 Å². The molecule has 2 heteroatoms. The summed E-state index contributed by atoms with van der Waals surface area (Å²) in [5, 5.41) is 0. The number of hydrogen-bond donors (Lipinski definition) is 0. The van der Waals surface area contributed by atoms with Gasteiger partial charge >= 0.3 is 0 Å². The van der Waals surface area contributed by atoms with E-state index in [1.807, 2.05) is 44.2 Å². The first-order valence-corrected chi connectivity index (χ1v) is 4.88. The molecule has 0 N–H and O–H groups in total. The summed E-state index contributed by atoms with van der Waals surface area (Å²) in [5.74, 6) is 0.787. The molecule has 0 radical (unpaired) electrons. The zero-order valence-corrected chi connectivity index (χ0v) is 8.69. The van der Waals surface area contributed by atoms with Gasteiger partial charge in [0.1, 0.15) is 6.26 Å². The third-order valence-electron chi connectivity index (χ3n) is 1.72. The van der Waals surface area contributed by atoms with E-state index >= 15 is 0 Å². The lowest BCUT2D eigenvalue weighted by Crippen LogP contribution is -1.93. The van der Waals surface area contributed by atoms with Gasteiger partial charge < -0.3 is 9.47 Å². The van der Waals surface area contributed by atoms with Crippen molar-refractivity contribution in [2.45, 2.75) is 13.8 Å². The molecule has 0 heterocycles.